The van der Waals surface area contributed by atoms with Crippen molar-refractivity contribution < 1.29 is 23.9 Å². The smallest absolute Gasteiger partial charge is 0.343 e. The maximum absolute atomic E-state index is 12.5. The van der Waals surface area contributed by atoms with Crippen LogP contribution in [0.2, 0.25) is 0 Å². The molecule has 0 bridgehead atoms. The van der Waals surface area contributed by atoms with Crippen LogP contribution in [0.1, 0.15) is 64.3 Å². The first-order valence-electron chi connectivity index (χ1n) is 11.2. The number of Topliss-reactive ketones (excluding diaryl/α,β-unsaturated/α-hetero) is 1. The number of hydrogen-bond acceptors (Lipinski definition) is 5. The van der Waals surface area contributed by atoms with E-state index < -0.39 is 5.97 Å². The third-order valence-electron chi connectivity index (χ3n) is 4.96. The van der Waals surface area contributed by atoms with Crippen molar-refractivity contribution >= 4 is 23.6 Å². The molecule has 0 aliphatic rings. The molecule has 0 aromatic heterocycles. The summed E-state index contributed by atoms with van der Waals surface area (Å²) in [7, 11) is 0. The maximum Gasteiger partial charge on any atom is 0.343 e. The van der Waals surface area contributed by atoms with Gasteiger partial charge in [-0.2, -0.15) is 0 Å². The van der Waals surface area contributed by atoms with E-state index in [4.69, 9.17) is 9.47 Å². The van der Waals surface area contributed by atoms with Crippen LogP contribution in [0.15, 0.2) is 78.9 Å². The minimum absolute atomic E-state index is 0.0198. The lowest BCUT2D eigenvalue weighted by atomic mass is 10.0. The quantitative estimate of drug-likeness (QED) is 0.161. The third-order valence-corrected chi connectivity index (χ3v) is 4.96. The van der Waals surface area contributed by atoms with E-state index >= 15 is 0 Å². The molecule has 0 saturated carbocycles. The molecule has 5 nitrogen and oxygen atoms in total. The first-order valence-corrected chi connectivity index (χ1v) is 11.2. The van der Waals surface area contributed by atoms with Gasteiger partial charge in [-0.3, -0.25) is 9.59 Å². The van der Waals surface area contributed by atoms with Crippen LogP contribution in [0.25, 0.3) is 6.08 Å². The highest BCUT2D eigenvalue weighted by atomic mass is 16.5. The van der Waals surface area contributed by atoms with Crippen molar-refractivity contribution in [3.8, 4) is 11.5 Å². The van der Waals surface area contributed by atoms with Gasteiger partial charge in [-0.25, -0.2) is 4.79 Å². The predicted octanol–water partition coefficient (Wildman–Crippen LogP) is 6.43. The number of benzene rings is 3. The van der Waals surface area contributed by atoms with E-state index in [2.05, 4.69) is 0 Å². The van der Waals surface area contributed by atoms with Gasteiger partial charge in [0.1, 0.15) is 11.5 Å². The van der Waals surface area contributed by atoms with Gasteiger partial charge in [0, 0.05) is 17.0 Å². The molecule has 3 rings (SSSR count). The lowest BCUT2D eigenvalue weighted by Crippen LogP contribution is -2.10. The molecule has 34 heavy (non-hydrogen) atoms. The normalized spacial score (nSPS) is 11.1. The van der Waals surface area contributed by atoms with Gasteiger partial charge >= 0.3 is 5.97 Å². The first-order chi connectivity index (χ1) is 16.2. The summed E-state index contributed by atoms with van der Waals surface area (Å²) < 4.78 is 11.0. The zero-order chi connectivity index (χ0) is 24.7. The van der Waals surface area contributed by atoms with Crippen molar-refractivity contribution in [2.24, 2.45) is 5.92 Å². The van der Waals surface area contributed by atoms with Gasteiger partial charge in [-0.1, -0.05) is 44.2 Å². The standard InChI is InChI=1S/C29H28O5/c1-19(2)28(31)23-8-10-24(11-9-23)29(32)34-26-16-12-22(13-17-26)27(30)18-7-21-5-14-25(15-6-21)33-20(3)4/h5-20H,1-4H3/b18-7+. The number of rotatable bonds is 9. The van der Waals surface area contributed by atoms with E-state index in [0.717, 1.165) is 11.3 Å². The summed E-state index contributed by atoms with van der Waals surface area (Å²) in [5.41, 5.74) is 2.26. The summed E-state index contributed by atoms with van der Waals surface area (Å²) in [4.78, 5) is 36.9. The summed E-state index contributed by atoms with van der Waals surface area (Å²) in [5.74, 6) is 0.320. The first kappa shape index (κ1) is 24.6. The van der Waals surface area contributed by atoms with Gasteiger partial charge in [0.15, 0.2) is 11.6 Å². The zero-order valence-corrected chi connectivity index (χ0v) is 19.8. The molecule has 174 valence electrons. The Morgan fingerprint density at radius 2 is 1.21 bits per heavy atom. The van der Waals surface area contributed by atoms with E-state index in [1.54, 1.807) is 54.6 Å². The number of esters is 1. The Morgan fingerprint density at radius 1 is 0.676 bits per heavy atom. The Bertz CT molecular complexity index is 1170. The Kier molecular flexibility index (Phi) is 8.14. The number of hydrogen-bond donors (Lipinski definition) is 0. The van der Waals surface area contributed by atoms with Gasteiger partial charge in [0.05, 0.1) is 11.7 Å². The summed E-state index contributed by atoms with van der Waals surface area (Å²) in [6, 6.07) is 20.3. The van der Waals surface area contributed by atoms with Crippen LogP contribution in [0.5, 0.6) is 11.5 Å². The van der Waals surface area contributed by atoms with Crippen molar-refractivity contribution in [3.63, 3.8) is 0 Å². The minimum Gasteiger partial charge on any atom is -0.491 e. The molecule has 0 unspecified atom stereocenters. The molecule has 0 saturated heterocycles. The minimum atomic E-state index is -0.535. The molecule has 0 radical (unpaired) electrons. The van der Waals surface area contributed by atoms with Crippen LogP contribution < -0.4 is 9.47 Å². The van der Waals surface area contributed by atoms with Crippen molar-refractivity contribution in [2.75, 3.05) is 0 Å². The van der Waals surface area contributed by atoms with Gasteiger partial charge in [0.25, 0.3) is 0 Å². The highest BCUT2D eigenvalue weighted by molar-refractivity contribution is 6.07. The molecule has 5 heteroatoms. The topological polar surface area (TPSA) is 69.7 Å². The van der Waals surface area contributed by atoms with Crippen molar-refractivity contribution in [2.45, 2.75) is 33.8 Å². The van der Waals surface area contributed by atoms with E-state index in [0.29, 0.717) is 22.4 Å². The number of ether oxygens (including phenoxy) is 2. The highest BCUT2D eigenvalue weighted by Crippen LogP contribution is 2.18. The molecule has 0 aliphatic heterocycles. The Morgan fingerprint density at radius 3 is 1.76 bits per heavy atom. The van der Waals surface area contributed by atoms with Gasteiger partial charge in [0.2, 0.25) is 0 Å². The van der Waals surface area contributed by atoms with E-state index in [-0.39, 0.29) is 23.6 Å². The molecular formula is C29H28O5. The summed E-state index contributed by atoms with van der Waals surface area (Å²) in [6.45, 7) is 7.59. The lowest BCUT2D eigenvalue weighted by Gasteiger charge is -2.09. The molecule has 3 aromatic carbocycles. The van der Waals surface area contributed by atoms with Gasteiger partial charge < -0.3 is 9.47 Å². The maximum atomic E-state index is 12.5. The van der Waals surface area contributed by atoms with Gasteiger partial charge in [-0.15, -0.1) is 0 Å². The average Bonchev–Trinajstić information content (AvgIpc) is 2.83. The molecule has 0 spiro atoms. The second-order valence-corrected chi connectivity index (χ2v) is 8.44. The molecular weight excluding hydrogens is 428 g/mol. The largest absolute Gasteiger partial charge is 0.491 e. The van der Waals surface area contributed by atoms with Crippen molar-refractivity contribution in [1.29, 1.82) is 0 Å². The van der Waals surface area contributed by atoms with Crippen LogP contribution in [0, 0.1) is 5.92 Å². The van der Waals surface area contributed by atoms with E-state index in [1.165, 1.54) is 6.08 Å². The SMILES string of the molecule is CC(C)Oc1ccc(/C=C/C(=O)c2ccc(OC(=O)c3ccc(C(=O)C(C)C)cc3)cc2)cc1. The molecule has 0 amide bonds. The Hall–Kier alpha value is -3.99. The molecule has 3 aromatic rings. The number of carbonyl (C=O) groups excluding carboxylic acids is 3. The molecule has 0 fully saturated rings. The van der Waals surface area contributed by atoms with Crippen LogP contribution in [-0.2, 0) is 0 Å². The summed E-state index contributed by atoms with van der Waals surface area (Å²) >= 11 is 0. The summed E-state index contributed by atoms with van der Waals surface area (Å²) in [6.07, 6.45) is 3.34. The fourth-order valence-corrected chi connectivity index (χ4v) is 3.15. The summed E-state index contributed by atoms with van der Waals surface area (Å²) in [5, 5.41) is 0. The van der Waals surface area contributed by atoms with Crippen LogP contribution in [-0.4, -0.2) is 23.6 Å². The number of ketones is 2. The molecule has 0 heterocycles. The fraction of sp³-hybridized carbons (Fsp3) is 0.207. The second kappa shape index (κ2) is 11.2. The van der Waals surface area contributed by atoms with Crippen LogP contribution >= 0.6 is 0 Å². The third kappa shape index (κ3) is 6.75. The zero-order valence-electron chi connectivity index (χ0n) is 19.8. The average molecular weight is 457 g/mol. The van der Waals surface area contributed by atoms with Crippen molar-refractivity contribution in [3.05, 3.63) is 101 Å². The number of carbonyl (C=O) groups is 3. The van der Waals surface area contributed by atoms with Crippen molar-refractivity contribution in [1.82, 2.24) is 0 Å². The highest BCUT2D eigenvalue weighted by Gasteiger charge is 2.13. The molecule has 0 N–H and O–H groups in total. The Labute approximate surface area is 200 Å². The van der Waals surface area contributed by atoms with Crippen LogP contribution in [0.3, 0.4) is 0 Å². The Balaban J connectivity index is 1.58. The van der Waals surface area contributed by atoms with E-state index in [9.17, 15) is 14.4 Å². The predicted molar refractivity (Wildman–Crippen MR) is 133 cm³/mol. The van der Waals surface area contributed by atoms with E-state index in [1.807, 2.05) is 52.0 Å². The molecule has 0 aliphatic carbocycles. The lowest BCUT2D eigenvalue weighted by molar-refractivity contribution is 0.0734. The van der Waals surface area contributed by atoms with Gasteiger partial charge in [-0.05, 0) is 74.0 Å². The van der Waals surface area contributed by atoms with Crippen LogP contribution in [0.4, 0.5) is 0 Å². The second-order valence-electron chi connectivity index (χ2n) is 8.44. The number of allylic oxidation sites excluding steroid dienone is 1. The fourth-order valence-electron chi connectivity index (χ4n) is 3.15. The monoisotopic (exact) mass is 456 g/mol. The molecule has 0 atom stereocenters.